The molecule has 2 heterocycles. The number of ether oxygens (including phenoxy) is 1. The fourth-order valence-corrected chi connectivity index (χ4v) is 3.22. The van der Waals surface area contributed by atoms with Gasteiger partial charge in [0.2, 0.25) is 5.43 Å². The lowest BCUT2D eigenvalue weighted by Crippen LogP contribution is -2.51. The van der Waals surface area contributed by atoms with Gasteiger partial charge in [0.05, 0.1) is 7.11 Å². The van der Waals surface area contributed by atoms with Gasteiger partial charge in [0.25, 0.3) is 5.91 Å². The Morgan fingerprint density at radius 3 is 2.66 bits per heavy atom. The topological polar surface area (TPSA) is 103 Å². The molecule has 0 saturated heterocycles. The molecule has 0 spiro atoms. The van der Waals surface area contributed by atoms with Crippen LogP contribution in [-0.4, -0.2) is 29.4 Å². The van der Waals surface area contributed by atoms with Gasteiger partial charge in [-0.2, -0.15) is 0 Å². The SMILES string of the molecule is COc1c2n(cc(C(=O)NCc3ccc(F)cc3F)c1=O)CC(N)C(C)(C)C2=O. The lowest BCUT2D eigenvalue weighted by Gasteiger charge is -2.37. The number of hydrogen-bond acceptors (Lipinski definition) is 5. The number of hydrogen-bond donors (Lipinski definition) is 2. The maximum atomic E-state index is 13.8. The molecule has 3 N–H and O–H groups in total. The zero-order chi connectivity index (χ0) is 21.5. The molecule has 0 fully saturated rings. The monoisotopic (exact) mass is 405 g/mol. The van der Waals surface area contributed by atoms with Crippen molar-refractivity contribution in [1.29, 1.82) is 0 Å². The Hall–Kier alpha value is -3.07. The highest BCUT2D eigenvalue weighted by molar-refractivity contribution is 6.03. The minimum absolute atomic E-state index is 0.0590. The molecule has 9 heteroatoms. The lowest BCUT2D eigenvalue weighted by molar-refractivity contribution is 0.0732. The Bertz CT molecular complexity index is 1060. The normalized spacial score (nSPS) is 17.6. The van der Waals surface area contributed by atoms with E-state index in [1.54, 1.807) is 13.8 Å². The first-order valence-electron chi connectivity index (χ1n) is 8.91. The summed E-state index contributed by atoms with van der Waals surface area (Å²) in [5.74, 6) is -2.93. The smallest absolute Gasteiger partial charge is 0.257 e. The number of aromatic nitrogens is 1. The Morgan fingerprint density at radius 1 is 1.34 bits per heavy atom. The van der Waals surface area contributed by atoms with E-state index >= 15 is 0 Å². The van der Waals surface area contributed by atoms with Crippen LogP contribution in [0.4, 0.5) is 8.78 Å². The van der Waals surface area contributed by atoms with Crippen LogP contribution in [0, 0.1) is 17.0 Å². The van der Waals surface area contributed by atoms with E-state index in [9.17, 15) is 23.2 Å². The molecule has 1 unspecified atom stereocenters. The summed E-state index contributed by atoms with van der Waals surface area (Å²) in [4.78, 5) is 38.2. The molecular weight excluding hydrogens is 384 g/mol. The minimum atomic E-state index is -0.899. The highest BCUT2D eigenvalue weighted by atomic mass is 19.1. The van der Waals surface area contributed by atoms with E-state index in [0.717, 1.165) is 6.07 Å². The average Bonchev–Trinajstić information content (AvgIpc) is 2.66. The first-order valence-corrected chi connectivity index (χ1v) is 8.91. The number of nitrogens with zero attached hydrogens (tertiary/aromatic N) is 1. The standard InChI is InChI=1S/C20H21F2N3O4/c1-20(2)14(23)9-25-8-12(16(26)17(29-3)15(25)18(20)27)19(28)24-7-10-4-5-11(21)6-13(10)22/h4-6,8,14H,7,9,23H2,1-3H3,(H,24,28). The molecule has 0 radical (unpaired) electrons. The van der Waals surface area contributed by atoms with Gasteiger partial charge in [-0.1, -0.05) is 19.9 Å². The molecule has 29 heavy (non-hydrogen) atoms. The zero-order valence-electron chi connectivity index (χ0n) is 16.2. The Balaban J connectivity index is 1.96. The molecule has 154 valence electrons. The van der Waals surface area contributed by atoms with Crippen LogP contribution in [0.25, 0.3) is 0 Å². The molecule has 1 aliphatic heterocycles. The molecule has 0 bridgehead atoms. The molecule has 1 aromatic carbocycles. The third kappa shape index (κ3) is 3.53. The predicted octanol–water partition coefficient (Wildman–Crippen LogP) is 1.61. The summed E-state index contributed by atoms with van der Waals surface area (Å²) in [6.07, 6.45) is 1.25. The highest BCUT2D eigenvalue weighted by Gasteiger charge is 2.43. The first-order chi connectivity index (χ1) is 13.6. The molecule has 2 aromatic rings. The molecule has 3 rings (SSSR count). The zero-order valence-corrected chi connectivity index (χ0v) is 16.2. The van der Waals surface area contributed by atoms with E-state index in [2.05, 4.69) is 5.32 Å². The van der Waals surface area contributed by atoms with Crippen LogP contribution in [0.15, 0.2) is 29.2 Å². The van der Waals surface area contributed by atoms with Crippen LogP contribution in [0.5, 0.6) is 5.75 Å². The molecule has 1 amide bonds. The number of nitrogens with one attached hydrogen (secondary N) is 1. The number of nitrogens with two attached hydrogens (primary N) is 1. The summed E-state index contributed by atoms with van der Waals surface area (Å²) >= 11 is 0. The van der Waals surface area contributed by atoms with Crippen LogP contribution in [0.1, 0.15) is 40.3 Å². The second-order valence-corrected chi connectivity index (χ2v) is 7.48. The van der Waals surface area contributed by atoms with Gasteiger partial charge in [-0.25, -0.2) is 8.78 Å². The van der Waals surface area contributed by atoms with E-state index in [1.165, 1.54) is 23.9 Å². The highest BCUT2D eigenvalue weighted by Crippen LogP contribution is 2.33. The number of rotatable bonds is 4. The van der Waals surface area contributed by atoms with Gasteiger partial charge < -0.3 is 20.4 Å². The number of halogens is 2. The lowest BCUT2D eigenvalue weighted by atomic mass is 9.76. The minimum Gasteiger partial charge on any atom is -0.491 e. The van der Waals surface area contributed by atoms with Crippen molar-refractivity contribution in [2.45, 2.75) is 33.0 Å². The van der Waals surface area contributed by atoms with E-state index < -0.39 is 34.4 Å². The number of carbonyl (C=O) groups is 2. The fourth-order valence-electron chi connectivity index (χ4n) is 3.22. The van der Waals surface area contributed by atoms with Gasteiger partial charge in [-0.3, -0.25) is 14.4 Å². The van der Waals surface area contributed by atoms with E-state index in [1.807, 2.05) is 0 Å². The van der Waals surface area contributed by atoms with Crippen molar-refractivity contribution in [3.05, 3.63) is 63.1 Å². The third-order valence-corrected chi connectivity index (χ3v) is 5.26. The Labute approximate surface area is 165 Å². The van der Waals surface area contributed by atoms with Gasteiger partial charge in [0, 0.05) is 42.4 Å². The fraction of sp³-hybridized carbons (Fsp3) is 0.350. The summed E-state index contributed by atoms with van der Waals surface area (Å²) in [5, 5.41) is 2.43. The maximum absolute atomic E-state index is 13.8. The van der Waals surface area contributed by atoms with Gasteiger partial charge in [-0.05, 0) is 6.07 Å². The quantitative estimate of drug-likeness (QED) is 0.805. The van der Waals surface area contributed by atoms with Crippen molar-refractivity contribution in [1.82, 2.24) is 9.88 Å². The van der Waals surface area contributed by atoms with E-state index in [-0.39, 0.29) is 41.4 Å². The van der Waals surface area contributed by atoms with E-state index in [4.69, 9.17) is 10.5 Å². The number of fused-ring (bicyclic) bond motifs is 1. The number of methoxy groups -OCH3 is 1. The van der Waals surface area contributed by atoms with Crippen LogP contribution in [0.2, 0.25) is 0 Å². The van der Waals surface area contributed by atoms with Crippen LogP contribution in [-0.2, 0) is 13.1 Å². The number of pyridine rings is 1. The Kier molecular flexibility index (Phi) is 5.27. The van der Waals surface area contributed by atoms with Crippen LogP contribution >= 0.6 is 0 Å². The van der Waals surface area contributed by atoms with Crippen molar-refractivity contribution in [2.75, 3.05) is 7.11 Å². The van der Waals surface area contributed by atoms with Gasteiger partial charge >= 0.3 is 0 Å². The number of benzene rings is 1. The molecule has 1 aliphatic rings. The molecule has 0 aliphatic carbocycles. The number of Topliss-reactive ketones (excluding diaryl/α,β-unsaturated/α-hetero) is 1. The van der Waals surface area contributed by atoms with Crippen molar-refractivity contribution in [3.63, 3.8) is 0 Å². The van der Waals surface area contributed by atoms with Gasteiger partial charge in [0.15, 0.2) is 11.5 Å². The second-order valence-electron chi connectivity index (χ2n) is 7.48. The summed E-state index contributed by atoms with van der Waals surface area (Å²) in [6.45, 7) is 3.33. The third-order valence-electron chi connectivity index (χ3n) is 5.26. The van der Waals surface area contributed by atoms with Crippen LogP contribution < -0.4 is 21.2 Å². The van der Waals surface area contributed by atoms with Crippen LogP contribution in [0.3, 0.4) is 0 Å². The number of carbonyl (C=O) groups excluding carboxylic acids is 2. The van der Waals surface area contributed by atoms with E-state index in [0.29, 0.717) is 6.07 Å². The molecule has 0 saturated carbocycles. The second kappa shape index (κ2) is 7.40. The summed E-state index contributed by atoms with van der Waals surface area (Å²) in [5.41, 5.74) is 4.30. The maximum Gasteiger partial charge on any atom is 0.257 e. The summed E-state index contributed by atoms with van der Waals surface area (Å²) in [7, 11) is 1.24. The van der Waals surface area contributed by atoms with Crippen molar-refractivity contribution >= 4 is 11.7 Å². The van der Waals surface area contributed by atoms with Crippen molar-refractivity contribution < 1.29 is 23.1 Å². The van der Waals surface area contributed by atoms with Gasteiger partial charge in [-0.15, -0.1) is 0 Å². The molecule has 1 atom stereocenters. The number of amides is 1. The predicted molar refractivity (Wildman–Crippen MR) is 101 cm³/mol. The van der Waals surface area contributed by atoms with Crippen molar-refractivity contribution in [2.24, 2.45) is 11.1 Å². The average molecular weight is 405 g/mol. The summed E-state index contributed by atoms with van der Waals surface area (Å²) < 4.78 is 33.3. The molecule has 7 nitrogen and oxygen atoms in total. The van der Waals surface area contributed by atoms with Crippen molar-refractivity contribution in [3.8, 4) is 5.75 Å². The Morgan fingerprint density at radius 2 is 2.03 bits per heavy atom. The molecule has 1 aromatic heterocycles. The molecular formula is C20H21F2N3O4. The number of ketones is 1. The largest absolute Gasteiger partial charge is 0.491 e. The van der Waals surface area contributed by atoms with Gasteiger partial charge in [0.1, 0.15) is 22.9 Å². The summed E-state index contributed by atoms with van der Waals surface area (Å²) in [6, 6.07) is 2.44. The first kappa shape index (κ1) is 20.7.